The van der Waals surface area contributed by atoms with Crippen LogP contribution < -0.4 is 0 Å². The summed E-state index contributed by atoms with van der Waals surface area (Å²) in [6.07, 6.45) is -0.635. The van der Waals surface area contributed by atoms with Crippen molar-refractivity contribution in [2.24, 2.45) is 0 Å². The first-order chi connectivity index (χ1) is 6.05. The Morgan fingerprint density at radius 3 is 2.85 bits per heavy atom. The van der Waals surface area contributed by atoms with E-state index in [1.54, 1.807) is 0 Å². The number of ether oxygens (including phenoxy) is 1. The van der Waals surface area contributed by atoms with Crippen molar-refractivity contribution in [1.82, 2.24) is 0 Å². The molecule has 1 saturated heterocycles. The summed E-state index contributed by atoms with van der Waals surface area (Å²) in [5.74, 6) is 0. The summed E-state index contributed by atoms with van der Waals surface area (Å²) < 4.78 is 24.6. The van der Waals surface area contributed by atoms with Crippen molar-refractivity contribution in [3.63, 3.8) is 0 Å². The van der Waals surface area contributed by atoms with E-state index in [-0.39, 0.29) is 6.61 Å². The van der Waals surface area contributed by atoms with Crippen LogP contribution in [0.2, 0.25) is 0 Å². The van der Waals surface area contributed by atoms with E-state index in [0.29, 0.717) is 13.0 Å². The van der Waals surface area contributed by atoms with Crippen molar-refractivity contribution in [2.75, 3.05) is 20.3 Å². The minimum atomic E-state index is -3.94. The number of aliphatic hydroxyl groups is 1. The average molecular weight is 212 g/mol. The molecule has 0 aromatic rings. The highest BCUT2D eigenvalue weighted by Crippen LogP contribution is 2.42. The fourth-order valence-electron chi connectivity index (χ4n) is 1.02. The largest absolute Gasteiger partial charge is 0.472 e. The van der Waals surface area contributed by atoms with Gasteiger partial charge in [-0.1, -0.05) is 0 Å². The molecule has 0 aliphatic carbocycles. The van der Waals surface area contributed by atoms with Crippen LogP contribution in [0.15, 0.2) is 0 Å². The van der Waals surface area contributed by atoms with Gasteiger partial charge in [-0.25, -0.2) is 4.57 Å². The fraction of sp³-hybridized carbons (Fsp3) is 1.00. The van der Waals surface area contributed by atoms with Gasteiger partial charge in [0.25, 0.3) is 0 Å². The Morgan fingerprint density at radius 1 is 1.69 bits per heavy atom. The Morgan fingerprint density at radius 2 is 2.38 bits per heavy atom. The van der Waals surface area contributed by atoms with E-state index >= 15 is 0 Å². The van der Waals surface area contributed by atoms with Crippen LogP contribution in [-0.2, 0) is 18.3 Å². The molecule has 3 unspecified atom stereocenters. The van der Waals surface area contributed by atoms with Crippen LogP contribution in [0.25, 0.3) is 0 Å². The molecule has 0 aromatic carbocycles. The summed E-state index contributed by atoms with van der Waals surface area (Å²) in [6.45, 7) is 0.306. The molecule has 1 aliphatic rings. The lowest BCUT2D eigenvalue weighted by atomic mass is 10.2. The zero-order chi connectivity index (χ0) is 9.90. The Hall–Kier alpha value is 0.0300. The lowest BCUT2D eigenvalue weighted by Crippen LogP contribution is -2.25. The Bertz CT molecular complexity index is 207. The first-order valence-electron chi connectivity index (χ1n) is 3.88. The molecule has 0 saturated carbocycles. The maximum atomic E-state index is 10.8. The maximum Gasteiger partial charge on any atom is 0.472 e. The summed E-state index contributed by atoms with van der Waals surface area (Å²) in [5.41, 5.74) is 0. The van der Waals surface area contributed by atoms with Crippen LogP contribution in [0.4, 0.5) is 0 Å². The number of hydrogen-bond donors (Lipinski definition) is 2. The summed E-state index contributed by atoms with van der Waals surface area (Å²) >= 11 is 0. The highest BCUT2D eigenvalue weighted by molar-refractivity contribution is 7.47. The van der Waals surface area contributed by atoms with E-state index < -0.39 is 20.0 Å². The van der Waals surface area contributed by atoms with Gasteiger partial charge in [-0.05, 0) is 6.42 Å². The van der Waals surface area contributed by atoms with Crippen LogP contribution in [0.5, 0.6) is 0 Å². The first kappa shape index (κ1) is 11.1. The number of aliphatic hydroxyl groups excluding tert-OH is 1. The Kier molecular flexibility index (Phi) is 3.85. The van der Waals surface area contributed by atoms with Gasteiger partial charge in [0.2, 0.25) is 0 Å². The predicted molar refractivity (Wildman–Crippen MR) is 43.2 cm³/mol. The normalized spacial score (nSPS) is 33.2. The topological polar surface area (TPSA) is 85.2 Å². The molecule has 0 amide bonds. The molecular weight excluding hydrogens is 199 g/mol. The summed E-state index contributed by atoms with van der Waals surface area (Å²) in [4.78, 5) is 8.84. The third-order valence-corrected chi connectivity index (χ3v) is 2.74. The average Bonchev–Trinajstić information content (AvgIpc) is 2.48. The van der Waals surface area contributed by atoms with Crippen LogP contribution >= 0.6 is 7.82 Å². The van der Waals surface area contributed by atoms with Crippen molar-refractivity contribution in [1.29, 1.82) is 0 Å². The monoisotopic (exact) mass is 212 g/mol. The third kappa shape index (κ3) is 3.34. The summed E-state index contributed by atoms with van der Waals surface area (Å²) in [6, 6.07) is 0. The van der Waals surface area contributed by atoms with E-state index in [1.165, 1.54) is 0 Å². The van der Waals surface area contributed by atoms with Gasteiger partial charge < -0.3 is 14.7 Å². The van der Waals surface area contributed by atoms with Gasteiger partial charge >= 0.3 is 7.82 Å². The van der Waals surface area contributed by atoms with Crippen LogP contribution in [0.3, 0.4) is 0 Å². The van der Waals surface area contributed by atoms with Crippen LogP contribution in [-0.4, -0.2) is 42.5 Å². The predicted octanol–water partition coefficient (Wildman–Crippen LogP) is -0.100. The van der Waals surface area contributed by atoms with Crippen LogP contribution in [0, 0.1) is 0 Å². The molecule has 0 spiro atoms. The molecule has 1 aliphatic heterocycles. The number of phosphoric ester groups is 1. The minimum Gasteiger partial charge on any atom is -0.390 e. The summed E-state index contributed by atoms with van der Waals surface area (Å²) in [5, 5.41) is 9.24. The highest BCUT2D eigenvalue weighted by Gasteiger charge is 2.29. The molecule has 78 valence electrons. The molecule has 3 atom stereocenters. The first-order valence-corrected chi connectivity index (χ1v) is 5.37. The zero-order valence-electron chi connectivity index (χ0n) is 7.25. The second-order valence-corrected chi connectivity index (χ2v) is 4.27. The van der Waals surface area contributed by atoms with Gasteiger partial charge in [0.1, 0.15) is 6.10 Å². The molecule has 6 nitrogen and oxygen atoms in total. The van der Waals surface area contributed by atoms with Gasteiger partial charge in [-0.15, -0.1) is 0 Å². The lowest BCUT2D eigenvalue weighted by molar-refractivity contribution is 0.00211. The molecule has 7 heteroatoms. The maximum absolute atomic E-state index is 10.8. The molecule has 2 N–H and O–H groups in total. The van der Waals surface area contributed by atoms with Crippen LogP contribution in [0.1, 0.15) is 6.42 Å². The number of phosphoric acid groups is 1. The highest BCUT2D eigenvalue weighted by atomic mass is 31.2. The van der Waals surface area contributed by atoms with E-state index in [2.05, 4.69) is 9.05 Å². The van der Waals surface area contributed by atoms with Gasteiger partial charge in [0.05, 0.1) is 12.7 Å². The zero-order valence-corrected chi connectivity index (χ0v) is 8.15. The van der Waals surface area contributed by atoms with E-state index in [4.69, 9.17) is 9.63 Å². The molecule has 0 aromatic heterocycles. The SMILES string of the molecule is COP(=O)(O)OCC1OCCC1O. The van der Waals surface area contributed by atoms with Crippen molar-refractivity contribution >= 4 is 7.82 Å². The van der Waals surface area contributed by atoms with E-state index in [9.17, 15) is 9.67 Å². The van der Waals surface area contributed by atoms with Gasteiger partial charge in [-0.3, -0.25) is 9.05 Å². The van der Waals surface area contributed by atoms with Gasteiger partial charge in [0, 0.05) is 13.7 Å². The molecular formula is C6H13O6P. The summed E-state index contributed by atoms with van der Waals surface area (Å²) in [7, 11) is -2.87. The lowest BCUT2D eigenvalue weighted by Gasteiger charge is -2.15. The number of hydrogen-bond acceptors (Lipinski definition) is 5. The van der Waals surface area contributed by atoms with Crippen molar-refractivity contribution in [3.8, 4) is 0 Å². The standard InChI is InChI=1S/C6H13O6P/c1-10-13(8,9)12-4-6-5(7)2-3-11-6/h5-7H,2-4H2,1H3,(H,8,9). The molecule has 1 rings (SSSR count). The molecule has 1 fully saturated rings. The molecule has 0 radical (unpaired) electrons. The Labute approximate surface area is 76.0 Å². The minimum absolute atomic E-state index is 0.136. The Balaban J connectivity index is 2.30. The number of rotatable bonds is 4. The van der Waals surface area contributed by atoms with Crippen molar-refractivity contribution < 1.29 is 28.3 Å². The van der Waals surface area contributed by atoms with Crippen molar-refractivity contribution in [3.05, 3.63) is 0 Å². The fourth-order valence-corrected chi connectivity index (χ4v) is 1.46. The second-order valence-electron chi connectivity index (χ2n) is 2.71. The smallest absolute Gasteiger partial charge is 0.390 e. The van der Waals surface area contributed by atoms with E-state index in [0.717, 1.165) is 7.11 Å². The third-order valence-electron chi connectivity index (χ3n) is 1.81. The molecule has 13 heavy (non-hydrogen) atoms. The van der Waals surface area contributed by atoms with Crippen molar-refractivity contribution in [2.45, 2.75) is 18.6 Å². The second kappa shape index (κ2) is 4.50. The quantitative estimate of drug-likeness (QED) is 0.633. The molecule has 0 bridgehead atoms. The van der Waals surface area contributed by atoms with Gasteiger partial charge in [-0.2, -0.15) is 0 Å². The van der Waals surface area contributed by atoms with E-state index in [1.807, 2.05) is 0 Å². The molecule has 1 heterocycles. The van der Waals surface area contributed by atoms with Gasteiger partial charge in [0.15, 0.2) is 0 Å².